The van der Waals surface area contributed by atoms with Crippen molar-refractivity contribution in [1.29, 1.82) is 0 Å². The zero-order valence-corrected chi connectivity index (χ0v) is 15.7. The van der Waals surface area contributed by atoms with E-state index in [-0.39, 0.29) is 5.82 Å². The van der Waals surface area contributed by atoms with Gasteiger partial charge >= 0.3 is 0 Å². The summed E-state index contributed by atoms with van der Waals surface area (Å²) in [5.74, 6) is 0.821. The zero-order chi connectivity index (χ0) is 18.6. The molecular formula is C21H14BrFN4. The number of halogens is 2. The first-order valence-electron chi connectivity index (χ1n) is 8.27. The summed E-state index contributed by atoms with van der Waals surface area (Å²) < 4.78 is 14.7. The Morgan fingerprint density at radius 1 is 0.889 bits per heavy atom. The predicted octanol–water partition coefficient (Wildman–Crippen LogP) is 5.64. The first kappa shape index (κ1) is 17.3. The lowest BCUT2D eigenvalue weighted by Crippen LogP contribution is -1.99. The molecule has 0 bridgehead atoms. The Morgan fingerprint density at radius 2 is 1.63 bits per heavy atom. The number of rotatable bonds is 4. The molecule has 1 N–H and O–H groups in total. The molecule has 0 spiro atoms. The second kappa shape index (κ2) is 7.63. The standard InChI is InChI=1S/C21H14BrFN4/c22-16-11-9-14(10-12-16)20-25-19-8-4-2-6-17(19)21(26-20)27-24-13-15-5-1-3-7-18(15)23/h1-13H,(H,25,26,27). The predicted molar refractivity (Wildman–Crippen MR) is 110 cm³/mol. The zero-order valence-electron chi connectivity index (χ0n) is 14.1. The summed E-state index contributed by atoms with van der Waals surface area (Å²) in [5.41, 5.74) is 5.02. The smallest absolute Gasteiger partial charge is 0.162 e. The van der Waals surface area contributed by atoms with Gasteiger partial charge in [0, 0.05) is 21.0 Å². The van der Waals surface area contributed by atoms with E-state index in [0.29, 0.717) is 17.2 Å². The van der Waals surface area contributed by atoms with Crippen molar-refractivity contribution in [2.45, 2.75) is 0 Å². The third-order valence-electron chi connectivity index (χ3n) is 3.98. The number of fused-ring (bicyclic) bond motifs is 1. The van der Waals surface area contributed by atoms with Crippen LogP contribution in [0.5, 0.6) is 0 Å². The molecule has 0 fully saturated rings. The summed E-state index contributed by atoms with van der Waals surface area (Å²) in [7, 11) is 0. The highest BCUT2D eigenvalue weighted by Crippen LogP contribution is 2.25. The third kappa shape index (κ3) is 3.85. The maximum absolute atomic E-state index is 13.7. The van der Waals surface area contributed by atoms with Gasteiger partial charge in [-0.25, -0.2) is 14.4 Å². The molecular weight excluding hydrogens is 407 g/mol. The number of hydrogen-bond acceptors (Lipinski definition) is 4. The van der Waals surface area contributed by atoms with Crippen molar-refractivity contribution in [3.05, 3.63) is 88.6 Å². The number of anilines is 1. The lowest BCUT2D eigenvalue weighted by atomic mass is 10.2. The molecule has 0 unspecified atom stereocenters. The van der Waals surface area contributed by atoms with E-state index in [2.05, 4.69) is 36.4 Å². The average Bonchev–Trinajstić information content (AvgIpc) is 2.70. The van der Waals surface area contributed by atoms with Gasteiger partial charge < -0.3 is 0 Å². The van der Waals surface area contributed by atoms with Crippen LogP contribution in [0.15, 0.2) is 82.4 Å². The number of aromatic nitrogens is 2. The van der Waals surface area contributed by atoms with Crippen molar-refractivity contribution in [2.75, 3.05) is 5.43 Å². The lowest BCUT2D eigenvalue weighted by molar-refractivity contribution is 0.626. The monoisotopic (exact) mass is 420 g/mol. The van der Waals surface area contributed by atoms with Crippen molar-refractivity contribution in [2.24, 2.45) is 5.10 Å². The molecule has 3 aromatic carbocycles. The first-order chi connectivity index (χ1) is 13.2. The SMILES string of the molecule is Fc1ccccc1C=NNc1nc(-c2ccc(Br)cc2)nc2ccccc12. The fourth-order valence-corrected chi connectivity index (χ4v) is 2.90. The minimum absolute atomic E-state index is 0.328. The average molecular weight is 421 g/mol. The topological polar surface area (TPSA) is 50.2 Å². The normalized spacial score (nSPS) is 11.2. The van der Waals surface area contributed by atoms with Gasteiger partial charge in [0.15, 0.2) is 11.6 Å². The Hall–Kier alpha value is -3.12. The minimum atomic E-state index is -0.328. The molecule has 1 heterocycles. The highest BCUT2D eigenvalue weighted by atomic mass is 79.9. The van der Waals surface area contributed by atoms with Gasteiger partial charge in [-0.05, 0) is 30.3 Å². The van der Waals surface area contributed by atoms with Gasteiger partial charge in [0.25, 0.3) is 0 Å². The lowest BCUT2D eigenvalue weighted by Gasteiger charge is -2.08. The molecule has 0 saturated heterocycles. The molecule has 0 aliphatic carbocycles. The molecule has 1 aromatic heterocycles. The quantitative estimate of drug-likeness (QED) is 0.343. The number of hydrogen-bond donors (Lipinski definition) is 1. The largest absolute Gasteiger partial charge is 0.261 e. The van der Waals surface area contributed by atoms with Gasteiger partial charge in [0.05, 0.1) is 11.7 Å². The summed E-state index contributed by atoms with van der Waals surface area (Å²) in [6.45, 7) is 0. The molecule has 0 radical (unpaired) electrons. The molecule has 4 aromatic rings. The maximum Gasteiger partial charge on any atom is 0.162 e. The van der Waals surface area contributed by atoms with Crippen LogP contribution in [0.1, 0.15) is 5.56 Å². The van der Waals surface area contributed by atoms with Gasteiger partial charge in [-0.1, -0.05) is 58.4 Å². The molecule has 27 heavy (non-hydrogen) atoms. The molecule has 132 valence electrons. The third-order valence-corrected chi connectivity index (χ3v) is 4.51. The maximum atomic E-state index is 13.7. The Kier molecular flexibility index (Phi) is 4.89. The summed E-state index contributed by atoms with van der Waals surface area (Å²) in [5, 5.41) is 5.00. The van der Waals surface area contributed by atoms with Crippen LogP contribution in [0, 0.1) is 5.82 Å². The molecule has 0 aliphatic rings. The highest BCUT2D eigenvalue weighted by molar-refractivity contribution is 9.10. The van der Waals surface area contributed by atoms with Crippen molar-refractivity contribution in [3.8, 4) is 11.4 Å². The van der Waals surface area contributed by atoms with E-state index < -0.39 is 0 Å². The summed E-state index contributed by atoms with van der Waals surface area (Å²) in [6, 6.07) is 21.9. The molecule has 0 saturated carbocycles. The van der Waals surface area contributed by atoms with Crippen LogP contribution >= 0.6 is 15.9 Å². The van der Waals surface area contributed by atoms with Crippen LogP contribution in [0.25, 0.3) is 22.3 Å². The number of nitrogens with one attached hydrogen (secondary N) is 1. The van der Waals surface area contributed by atoms with Crippen molar-refractivity contribution in [1.82, 2.24) is 9.97 Å². The van der Waals surface area contributed by atoms with Gasteiger partial charge in [-0.2, -0.15) is 5.10 Å². The van der Waals surface area contributed by atoms with E-state index in [0.717, 1.165) is 20.9 Å². The molecule has 0 amide bonds. The fourth-order valence-electron chi connectivity index (χ4n) is 2.63. The molecule has 6 heteroatoms. The molecule has 0 atom stereocenters. The van der Waals surface area contributed by atoms with Crippen molar-refractivity contribution in [3.63, 3.8) is 0 Å². The van der Waals surface area contributed by atoms with E-state index in [1.807, 2.05) is 48.5 Å². The van der Waals surface area contributed by atoms with Crippen LogP contribution in [-0.2, 0) is 0 Å². The Labute approximate surface area is 163 Å². The molecule has 0 aliphatic heterocycles. The minimum Gasteiger partial charge on any atom is -0.261 e. The van der Waals surface area contributed by atoms with Gasteiger partial charge in [-0.3, -0.25) is 5.43 Å². The summed E-state index contributed by atoms with van der Waals surface area (Å²) in [4.78, 5) is 9.25. The van der Waals surface area contributed by atoms with Crippen molar-refractivity contribution < 1.29 is 4.39 Å². The van der Waals surface area contributed by atoms with Gasteiger partial charge in [-0.15, -0.1) is 0 Å². The number of benzene rings is 3. The second-order valence-corrected chi connectivity index (χ2v) is 6.73. The van der Waals surface area contributed by atoms with Crippen LogP contribution in [-0.4, -0.2) is 16.2 Å². The Morgan fingerprint density at radius 3 is 2.44 bits per heavy atom. The van der Waals surface area contributed by atoms with Crippen LogP contribution in [0.4, 0.5) is 10.2 Å². The molecule has 4 rings (SSSR count). The van der Waals surface area contributed by atoms with E-state index in [1.54, 1.807) is 18.2 Å². The number of nitrogens with zero attached hydrogens (tertiary/aromatic N) is 3. The Bertz CT molecular complexity index is 1130. The van der Waals surface area contributed by atoms with Gasteiger partial charge in [0.2, 0.25) is 0 Å². The van der Waals surface area contributed by atoms with E-state index in [9.17, 15) is 4.39 Å². The number of para-hydroxylation sites is 1. The van der Waals surface area contributed by atoms with Crippen LogP contribution in [0.3, 0.4) is 0 Å². The second-order valence-electron chi connectivity index (χ2n) is 5.81. The number of hydrazone groups is 1. The van der Waals surface area contributed by atoms with Gasteiger partial charge in [0.1, 0.15) is 5.82 Å². The van der Waals surface area contributed by atoms with E-state index >= 15 is 0 Å². The fraction of sp³-hybridized carbons (Fsp3) is 0. The molecule has 4 nitrogen and oxygen atoms in total. The summed E-state index contributed by atoms with van der Waals surface area (Å²) >= 11 is 3.43. The van der Waals surface area contributed by atoms with E-state index in [1.165, 1.54) is 12.3 Å². The van der Waals surface area contributed by atoms with E-state index in [4.69, 9.17) is 0 Å². The first-order valence-corrected chi connectivity index (χ1v) is 9.06. The highest BCUT2D eigenvalue weighted by Gasteiger charge is 2.09. The van der Waals surface area contributed by atoms with Crippen molar-refractivity contribution >= 4 is 38.9 Å². The Balaban J connectivity index is 1.72. The summed E-state index contributed by atoms with van der Waals surface area (Å²) in [6.07, 6.45) is 1.44. The van der Waals surface area contributed by atoms with Crippen LogP contribution < -0.4 is 5.43 Å². The van der Waals surface area contributed by atoms with Crippen LogP contribution in [0.2, 0.25) is 0 Å².